The SMILES string of the molecule is CCNC(=O)[C@H](CC)N(Cc1ccc(Cl)c(Cl)c1)C(=O)CCCN(c1ccc2c(c1)OCO2)S(C)(=O)=O. The van der Waals surface area contributed by atoms with Crippen LogP contribution in [0.4, 0.5) is 5.69 Å². The number of hydrogen-bond donors (Lipinski definition) is 1. The molecule has 1 N–H and O–H groups in total. The molecule has 0 unspecified atom stereocenters. The standard InChI is InChI=1S/C25H31Cl2N3O6S/c1-4-21(25(32)28-5-2)29(15-17-8-10-19(26)20(27)13-17)24(31)7-6-12-30(37(3,33)34)18-9-11-22-23(14-18)36-16-35-22/h8-11,13-14,21H,4-7,12,15-16H2,1-3H3,(H,28,32)/t21-/m0/s1. The molecular weight excluding hydrogens is 541 g/mol. The monoisotopic (exact) mass is 571 g/mol. The molecule has 0 radical (unpaired) electrons. The van der Waals surface area contributed by atoms with Crippen molar-refractivity contribution in [2.24, 2.45) is 0 Å². The maximum atomic E-state index is 13.4. The summed E-state index contributed by atoms with van der Waals surface area (Å²) in [6.07, 6.45) is 1.79. The second kappa shape index (κ2) is 12.7. The Hall–Kier alpha value is -2.69. The van der Waals surface area contributed by atoms with Crippen LogP contribution in [-0.4, -0.2) is 57.3 Å². The van der Waals surface area contributed by atoms with E-state index in [4.69, 9.17) is 32.7 Å². The number of amides is 2. The number of carbonyl (C=O) groups excluding carboxylic acids is 2. The van der Waals surface area contributed by atoms with Crippen LogP contribution in [0.2, 0.25) is 10.0 Å². The van der Waals surface area contributed by atoms with Gasteiger partial charge in [0.05, 0.1) is 22.0 Å². The lowest BCUT2D eigenvalue weighted by Gasteiger charge is -2.31. The van der Waals surface area contributed by atoms with Crippen LogP contribution in [0.5, 0.6) is 11.5 Å². The third kappa shape index (κ3) is 7.43. The van der Waals surface area contributed by atoms with Crippen molar-refractivity contribution in [1.82, 2.24) is 10.2 Å². The highest BCUT2D eigenvalue weighted by Gasteiger charge is 2.29. The number of anilines is 1. The largest absolute Gasteiger partial charge is 0.454 e. The fraction of sp³-hybridized carbons (Fsp3) is 0.440. The van der Waals surface area contributed by atoms with Gasteiger partial charge in [-0.25, -0.2) is 8.42 Å². The van der Waals surface area contributed by atoms with Crippen molar-refractivity contribution < 1.29 is 27.5 Å². The van der Waals surface area contributed by atoms with Gasteiger partial charge in [-0.1, -0.05) is 36.2 Å². The first-order valence-electron chi connectivity index (χ1n) is 11.9. The van der Waals surface area contributed by atoms with Gasteiger partial charge in [-0.2, -0.15) is 0 Å². The summed E-state index contributed by atoms with van der Waals surface area (Å²) in [5, 5.41) is 3.53. The average molecular weight is 573 g/mol. The van der Waals surface area contributed by atoms with E-state index in [9.17, 15) is 18.0 Å². The van der Waals surface area contributed by atoms with E-state index >= 15 is 0 Å². The highest BCUT2D eigenvalue weighted by atomic mass is 35.5. The Labute approximate surface area is 227 Å². The second-order valence-corrected chi connectivity index (χ2v) is 11.3. The highest BCUT2D eigenvalue weighted by Crippen LogP contribution is 2.36. The van der Waals surface area contributed by atoms with Crippen LogP contribution < -0.4 is 19.1 Å². The summed E-state index contributed by atoms with van der Waals surface area (Å²) in [7, 11) is -3.63. The van der Waals surface area contributed by atoms with E-state index in [-0.39, 0.29) is 44.5 Å². The van der Waals surface area contributed by atoms with Crippen molar-refractivity contribution in [3.05, 3.63) is 52.0 Å². The van der Waals surface area contributed by atoms with Crippen molar-refractivity contribution in [3.8, 4) is 11.5 Å². The molecule has 3 rings (SSSR count). The first kappa shape index (κ1) is 28.9. The summed E-state index contributed by atoms with van der Waals surface area (Å²) in [6, 6.07) is 9.26. The molecule has 9 nitrogen and oxygen atoms in total. The summed E-state index contributed by atoms with van der Waals surface area (Å²) < 4.78 is 37.0. The lowest BCUT2D eigenvalue weighted by Crippen LogP contribution is -2.49. The average Bonchev–Trinajstić information content (AvgIpc) is 3.31. The third-order valence-corrected chi connectivity index (χ3v) is 7.80. The molecule has 0 saturated carbocycles. The number of likely N-dealkylation sites (N-methyl/N-ethyl adjacent to an activating group) is 1. The number of ether oxygens (including phenoxy) is 2. The van der Waals surface area contributed by atoms with E-state index in [1.165, 1.54) is 9.21 Å². The van der Waals surface area contributed by atoms with Gasteiger partial charge < -0.3 is 19.7 Å². The molecule has 12 heteroatoms. The maximum Gasteiger partial charge on any atom is 0.242 e. The Morgan fingerprint density at radius 1 is 1.05 bits per heavy atom. The van der Waals surface area contributed by atoms with Crippen LogP contribution >= 0.6 is 23.2 Å². The topological polar surface area (TPSA) is 105 Å². The number of fused-ring (bicyclic) bond motifs is 1. The fourth-order valence-corrected chi connectivity index (χ4v) is 5.37. The normalized spacial score (nSPS) is 13.2. The zero-order valence-electron chi connectivity index (χ0n) is 21.0. The van der Waals surface area contributed by atoms with Crippen LogP contribution in [0.25, 0.3) is 0 Å². The minimum atomic E-state index is -3.63. The Morgan fingerprint density at radius 2 is 1.78 bits per heavy atom. The van der Waals surface area contributed by atoms with Crippen LogP contribution in [0, 0.1) is 0 Å². The molecule has 2 aromatic carbocycles. The minimum Gasteiger partial charge on any atom is -0.454 e. The molecule has 2 aromatic rings. The van der Waals surface area contributed by atoms with Gasteiger partial charge in [0.1, 0.15) is 6.04 Å². The Bertz CT molecular complexity index is 1240. The van der Waals surface area contributed by atoms with Crippen molar-refractivity contribution in [2.45, 2.75) is 45.7 Å². The summed E-state index contributed by atoms with van der Waals surface area (Å²) in [4.78, 5) is 27.7. The molecule has 0 spiro atoms. The predicted molar refractivity (Wildman–Crippen MR) is 144 cm³/mol. The molecule has 37 heavy (non-hydrogen) atoms. The van der Waals surface area contributed by atoms with E-state index < -0.39 is 16.1 Å². The predicted octanol–water partition coefficient (Wildman–Crippen LogP) is 4.21. The number of nitrogens with zero attached hydrogens (tertiary/aromatic N) is 2. The summed E-state index contributed by atoms with van der Waals surface area (Å²) >= 11 is 12.2. The van der Waals surface area contributed by atoms with Crippen molar-refractivity contribution in [1.29, 1.82) is 0 Å². The van der Waals surface area contributed by atoms with E-state index in [1.807, 2.05) is 13.8 Å². The Balaban J connectivity index is 1.77. The minimum absolute atomic E-state index is 0.0355. The lowest BCUT2D eigenvalue weighted by molar-refractivity contribution is -0.141. The highest BCUT2D eigenvalue weighted by molar-refractivity contribution is 7.92. The van der Waals surface area contributed by atoms with Crippen molar-refractivity contribution in [2.75, 3.05) is 30.4 Å². The van der Waals surface area contributed by atoms with Crippen molar-refractivity contribution in [3.63, 3.8) is 0 Å². The van der Waals surface area contributed by atoms with Gasteiger partial charge in [-0.3, -0.25) is 13.9 Å². The molecular formula is C25H31Cl2N3O6S. The fourth-order valence-electron chi connectivity index (χ4n) is 4.09. The number of nitrogens with one attached hydrogen (secondary N) is 1. The van der Waals surface area contributed by atoms with Gasteiger partial charge in [0.15, 0.2) is 11.5 Å². The van der Waals surface area contributed by atoms with Crippen LogP contribution in [-0.2, 0) is 26.2 Å². The van der Waals surface area contributed by atoms with Gasteiger partial charge >= 0.3 is 0 Å². The third-order valence-electron chi connectivity index (χ3n) is 5.87. The summed E-state index contributed by atoms with van der Waals surface area (Å²) in [5.41, 5.74) is 1.14. The Kier molecular flexibility index (Phi) is 9.92. The van der Waals surface area contributed by atoms with Gasteiger partial charge in [0, 0.05) is 32.1 Å². The van der Waals surface area contributed by atoms with Crippen LogP contribution in [0.3, 0.4) is 0 Å². The number of benzene rings is 2. The number of sulfonamides is 1. The molecule has 1 aliphatic heterocycles. The second-order valence-electron chi connectivity index (χ2n) is 8.56. The quantitative estimate of drug-likeness (QED) is 0.409. The van der Waals surface area contributed by atoms with E-state index in [0.29, 0.717) is 40.2 Å². The van der Waals surface area contributed by atoms with Gasteiger partial charge in [0.25, 0.3) is 0 Å². The molecule has 2 amide bonds. The molecule has 0 saturated heterocycles. The molecule has 202 valence electrons. The van der Waals surface area contributed by atoms with E-state index in [2.05, 4.69) is 5.32 Å². The van der Waals surface area contributed by atoms with Gasteiger partial charge in [-0.15, -0.1) is 0 Å². The molecule has 0 aliphatic carbocycles. The zero-order chi connectivity index (χ0) is 27.2. The van der Waals surface area contributed by atoms with Crippen LogP contribution in [0.1, 0.15) is 38.7 Å². The maximum absolute atomic E-state index is 13.4. The lowest BCUT2D eigenvalue weighted by atomic mass is 10.1. The molecule has 1 atom stereocenters. The zero-order valence-corrected chi connectivity index (χ0v) is 23.3. The number of carbonyl (C=O) groups is 2. The Morgan fingerprint density at radius 3 is 2.43 bits per heavy atom. The summed E-state index contributed by atoms with van der Waals surface area (Å²) in [6.45, 7) is 4.38. The molecule has 1 heterocycles. The van der Waals surface area contributed by atoms with Crippen LogP contribution in [0.15, 0.2) is 36.4 Å². The first-order chi connectivity index (χ1) is 17.5. The van der Waals surface area contributed by atoms with Gasteiger partial charge in [0.2, 0.25) is 28.6 Å². The number of rotatable bonds is 12. The molecule has 0 bridgehead atoms. The molecule has 0 fully saturated rings. The number of halogens is 2. The summed E-state index contributed by atoms with van der Waals surface area (Å²) in [5.74, 6) is 0.476. The van der Waals surface area contributed by atoms with Crippen molar-refractivity contribution >= 4 is 50.7 Å². The molecule has 0 aromatic heterocycles. The molecule has 1 aliphatic rings. The van der Waals surface area contributed by atoms with E-state index in [1.54, 1.807) is 36.4 Å². The smallest absolute Gasteiger partial charge is 0.242 e. The number of hydrogen-bond acceptors (Lipinski definition) is 6. The van der Waals surface area contributed by atoms with Gasteiger partial charge in [-0.05, 0) is 49.6 Å². The van der Waals surface area contributed by atoms with E-state index in [0.717, 1.165) is 11.8 Å². The first-order valence-corrected chi connectivity index (χ1v) is 14.5.